The van der Waals surface area contributed by atoms with Crippen molar-refractivity contribution in [2.75, 3.05) is 0 Å². The van der Waals surface area contributed by atoms with Crippen LogP contribution in [0.4, 0.5) is 0 Å². The molecule has 0 fully saturated rings. The predicted molar refractivity (Wildman–Crippen MR) is 67.9 cm³/mol. The Hall–Kier alpha value is -0.490. The maximum absolute atomic E-state index is 11.3. The van der Waals surface area contributed by atoms with Crippen LogP contribution in [-0.2, 0) is 9.05 Å². The van der Waals surface area contributed by atoms with E-state index in [-0.39, 0.29) is 4.90 Å². The van der Waals surface area contributed by atoms with Gasteiger partial charge >= 0.3 is 0 Å². The number of benzene rings is 1. The van der Waals surface area contributed by atoms with Crippen molar-refractivity contribution in [2.45, 2.75) is 14.0 Å². The molecule has 1 aromatic heterocycles. The molecular weight excluding hydrogens is 284 g/mol. The lowest BCUT2D eigenvalue weighted by Crippen LogP contribution is -1.88. The van der Waals surface area contributed by atoms with Crippen LogP contribution in [0.5, 0.6) is 0 Å². The average Bonchev–Trinajstić information content (AvgIpc) is 2.67. The molecule has 2 nitrogen and oxygen atoms in total. The molecule has 2 aromatic rings. The van der Waals surface area contributed by atoms with Crippen molar-refractivity contribution in [1.29, 1.82) is 0 Å². The van der Waals surface area contributed by atoms with Gasteiger partial charge in [-0.1, -0.05) is 30.0 Å². The molecule has 16 heavy (non-hydrogen) atoms. The Morgan fingerprint density at radius 1 is 1.12 bits per heavy atom. The van der Waals surface area contributed by atoms with E-state index >= 15 is 0 Å². The van der Waals surface area contributed by atoms with E-state index in [0.717, 1.165) is 4.90 Å². The first kappa shape index (κ1) is 12.0. The fraction of sp³-hybridized carbons (Fsp3) is 0. The summed E-state index contributed by atoms with van der Waals surface area (Å²) in [5.41, 5.74) is 0. The first-order valence-corrected chi connectivity index (χ1v) is 8.33. The molecule has 0 unspecified atom stereocenters. The highest BCUT2D eigenvalue weighted by Crippen LogP contribution is 2.38. The third-order valence-corrected chi connectivity index (χ3v) is 5.59. The number of halogens is 1. The summed E-state index contributed by atoms with van der Waals surface area (Å²) in [5, 5.41) is 1.72. The maximum Gasteiger partial charge on any atom is 0.263 e. The van der Waals surface area contributed by atoms with Crippen molar-refractivity contribution >= 4 is 42.8 Å². The molecule has 1 aromatic carbocycles. The van der Waals surface area contributed by atoms with Crippen LogP contribution in [0.1, 0.15) is 0 Å². The summed E-state index contributed by atoms with van der Waals surface area (Å²) >= 11 is 2.77. The zero-order valence-electron chi connectivity index (χ0n) is 7.96. The summed E-state index contributed by atoms with van der Waals surface area (Å²) in [6.07, 6.45) is 0. The summed E-state index contributed by atoms with van der Waals surface area (Å²) in [6.45, 7) is 0. The molecule has 2 rings (SSSR count). The van der Waals surface area contributed by atoms with Crippen molar-refractivity contribution in [3.63, 3.8) is 0 Å². The standard InChI is InChI=1S/C10H7ClO2S3/c11-16(12,13)9-6-7-14-10(9)15-8-4-2-1-3-5-8/h1-7H. The van der Waals surface area contributed by atoms with E-state index in [9.17, 15) is 8.42 Å². The number of rotatable bonds is 3. The Balaban J connectivity index is 2.34. The van der Waals surface area contributed by atoms with E-state index in [1.807, 2.05) is 30.3 Å². The Kier molecular flexibility index (Phi) is 3.59. The van der Waals surface area contributed by atoms with E-state index in [0.29, 0.717) is 4.21 Å². The van der Waals surface area contributed by atoms with E-state index in [1.54, 1.807) is 5.38 Å². The van der Waals surface area contributed by atoms with Crippen LogP contribution in [0.15, 0.2) is 55.8 Å². The van der Waals surface area contributed by atoms with Gasteiger partial charge in [0.05, 0.1) is 4.21 Å². The monoisotopic (exact) mass is 290 g/mol. The zero-order chi connectivity index (χ0) is 11.6. The van der Waals surface area contributed by atoms with Gasteiger partial charge in [-0.25, -0.2) is 8.42 Å². The molecule has 6 heteroatoms. The van der Waals surface area contributed by atoms with Gasteiger partial charge in [-0.3, -0.25) is 0 Å². The summed E-state index contributed by atoms with van der Waals surface area (Å²) in [7, 11) is 1.69. The normalized spacial score (nSPS) is 11.6. The fourth-order valence-electron chi connectivity index (χ4n) is 1.13. The fourth-order valence-corrected chi connectivity index (χ4v) is 5.07. The van der Waals surface area contributed by atoms with E-state index in [1.165, 1.54) is 29.2 Å². The minimum Gasteiger partial charge on any atom is -0.207 e. The molecule has 0 bridgehead atoms. The van der Waals surface area contributed by atoms with Crippen LogP contribution in [0.25, 0.3) is 0 Å². The lowest BCUT2D eigenvalue weighted by Gasteiger charge is -2.00. The van der Waals surface area contributed by atoms with E-state index in [2.05, 4.69) is 0 Å². The minimum absolute atomic E-state index is 0.188. The Morgan fingerprint density at radius 3 is 2.44 bits per heavy atom. The first-order valence-electron chi connectivity index (χ1n) is 4.32. The van der Waals surface area contributed by atoms with Crippen LogP contribution < -0.4 is 0 Å². The van der Waals surface area contributed by atoms with E-state index < -0.39 is 9.05 Å². The van der Waals surface area contributed by atoms with Crippen LogP contribution in [-0.4, -0.2) is 8.42 Å². The van der Waals surface area contributed by atoms with Gasteiger partial charge in [0.2, 0.25) is 0 Å². The van der Waals surface area contributed by atoms with Gasteiger partial charge < -0.3 is 0 Å². The molecule has 84 valence electrons. The lowest BCUT2D eigenvalue weighted by atomic mass is 10.4. The second-order valence-corrected chi connectivity index (χ2v) is 7.72. The van der Waals surface area contributed by atoms with Crippen molar-refractivity contribution in [3.8, 4) is 0 Å². The van der Waals surface area contributed by atoms with Crippen LogP contribution in [0, 0.1) is 0 Å². The Bertz CT molecular complexity index is 575. The molecule has 1 heterocycles. The molecule has 0 atom stereocenters. The van der Waals surface area contributed by atoms with Gasteiger partial charge in [-0.05, 0) is 23.6 Å². The Labute approximate surface area is 107 Å². The van der Waals surface area contributed by atoms with Gasteiger partial charge in [0.1, 0.15) is 4.90 Å². The lowest BCUT2D eigenvalue weighted by molar-refractivity contribution is 0.608. The first-order chi connectivity index (χ1) is 7.57. The smallest absolute Gasteiger partial charge is 0.207 e. The quantitative estimate of drug-likeness (QED) is 0.806. The van der Waals surface area contributed by atoms with Gasteiger partial charge in [0, 0.05) is 15.6 Å². The van der Waals surface area contributed by atoms with Crippen molar-refractivity contribution < 1.29 is 8.42 Å². The van der Waals surface area contributed by atoms with Gasteiger partial charge in [0.15, 0.2) is 0 Å². The number of hydrogen-bond acceptors (Lipinski definition) is 4. The largest absolute Gasteiger partial charge is 0.263 e. The maximum atomic E-state index is 11.3. The molecular formula is C10H7ClO2S3. The van der Waals surface area contributed by atoms with Gasteiger partial charge in [0.25, 0.3) is 9.05 Å². The molecule has 0 saturated heterocycles. The molecule has 0 aliphatic heterocycles. The highest BCUT2D eigenvalue weighted by Gasteiger charge is 2.17. The third kappa shape index (κ3) is 2.79. The predicted octanol–water partition coefficient (Wildman–Crippen LogP) is 3.83. The molecule has 0 saturated carbocycles. The van der Waals surface area contributed by atoms with Gasteiger partial charge in [-0.2, -0.15) is 0 Å². The Morgan fingerprint density at radius 2 is 1.81 bits per heavy atom. The van der Waals surface area contributed by atoms with Crippen LogP contribution >= 0.6 is 33.8 Å². The second kappa shape index (κ2) is 4.79. The molecule has 0 radical (unpaired) electrons. The molecule has 0 spiro atoms. The SMILES string of the molecule is O=S(=O)(Cl)c1ccsc1Sc1ccccc1. The number of hydrogen-bond donors (Lipinski definition) is 0. The number of thiophene rings is 1. The summed E-state index contributed by atoms with van der Waals surface area (Å²) in [6, 6.07) is 11.1. The highest BCUT2D eigenvalue weighted by atomic mass is 35.7. The molecule has 0 amide bonds. The van der Waals surface area contributed by atoms with Crippen molar-refractivity contribution in [2.24, 2.45) is 0 Å². The molecule has 0 aliphatic carbocycles. The molecule has 0 N–H and O–H groups in total. The van der Waals surface area contributed by atoms with E-state index in [4.69, 9.17) is 10.7 Å². The molecule has 0 aliphatic rings. The minimum atomic E-state index is -3.65. The van der Waals surface area contributed by atoms with Crippen LogP contribution in [0.3, 0.4) is 0 Å². The second-order valence-electron chi connectivity index (χ2n) is 2.93. The highest BCUT2D eigenvalue weighted by molar-refractivity contribution is 8.14. The summed E-state index contributed by atoms with van der Waals surface area (Å²) in [5.74, 6) is 0. The van der Waals surface area contributed by atoms with Crippen molar-refractivity contribution in [3.05, 3.63) is 41.8 Å². The van der Waals surface area contributed by atoms with Gasteiger partial charge in [-0.15, -0.1) is 11.3 Å². The third-order valence-electron chi connectivity index (χ3n) is 1.81. The summed E-state index contributed by atoms with van der Waals surface area (Å²) < 4.78 is 23.2. The zero-order valence-corrected chi connectivity index (χ0v) is 11.2. The topological polar surface area (TPSA) is 34.1 Å². The van der Waals surface area contributed by atoms with Crippen molar-refractivity contribution in [1.82, 2.24) is 0 Å². The summed E-state index contributed by atoms with van der Waals surface area (Å²) in [4.78, 5) is 1.18. The average molecular weight is 291 g/mol. The van der Waals surface area contributed by atoms with Crippen LogP contribution in [0.2, 0.25) is 0 Å².